The molecular weight excluding hydrogens is 222 g/mol. The molecule has 3 heteroatoms. The van der Waals surface area contributed by atoms with Gasteiger partial charge in [-0.1, -0.05) is 0 Å². The van der Waals surface area contributed by atoms with Crippen LogP contribution in [-0.4, -0.2) is 60.6 Å². The molecular formula is C15H27N3. The zero-order valence-corrected chi connectivity index (χ0v) is 11.5. The first-order valence-corrected chi connectivity index (χ1v) is 8.10. The topological polar surface area (TPSA) is 18.5 Å². The van der Waals surface area contributed by atoms with Gasteiger partial charge in [0.1, 0.15) is 0 Å². The van der Waals surface area contributed by atoms with E-state index >= 15 is 0 Å². The van der Waals surface area contributed by atoms with E-state index in [9.17, 15) is 0 Å². The van der Waals surface area contributed by atoms with Crippen LogP contribution in [0.1, 0.15) is 38.5 Å². The van der Waals surface area contributed by atoms with E-state index in [1.54, 1.807) is 0 Å². The van der Waals surface area contributed by atoms with Crippen molar-refractivity contribution in [3.05, 3.63) is 0 Å². The van der Waals surface area contributed by atoms with Crippen LogP contribution in [0.5, 0.6) is 0 Å². The lowest BCUT2D eigenvalue weighted by molar-refractivity contribution is 0.302. The smallest absolute Gasteiger partial charge is 0.0207 e. The van der Waals surface area contributed by atoms with Crippen LogP contribution in [0.3, 0.4) is 0 Å². The highest BCUT2D eigenvalue weighted by atomic mass is 15.2. The van der Waals surface area contributed by atoms with Crippen LogP contribution < -0.4 is 5.32 Å². The van der Waals surface area contributed by atoms with Gasteiger partial charge in [-0.2, -0.15) is 0 Å². The minimum absolute atomic E-state index is 0.792. The van der Waals surface area contributed by atoms with Gasteiger partial charge in [-0.3, -0.25) is 4.90 Å². The fraction of sp³-hybridized carbons (Fsp3) is 1.00. The van der Waals surface area contributed by atoms with Crippen LogP contribution in [0, 0.1) is 5.92 Å². The van der Waals surface area contributed by atoms with E-state index in [0.29, 0.717) is 0 Å². The SMILES string of the molecule is C1CN(C2CC2)CC1CNC1CCN(C2CC2)C1. The van der Waals surface area contributed by atoms with Crippen molar-refractivity contribution in [3.63, 3.8) is 0 Å². The van der Waals surface area contributed by atoms with Gasteiger partial charge in [0.05, 0.1) is 0 Å². The Balaban J connectivity index is 1.17. The molecule has 2 atom stereocenters. The average Bonchev–Trinajstić information content (AvgIpc) is 3.32. The summed E-state index contributed by atoms with van der Waals surface area (Å²) in [5, 5.41) is 3.85. The normalized spacial score (nSPS) is 38.7. The van der Waals surface area contributed by atoms with Gasteiger partial charge in [-0.15, -0.1) is 0 Å². The number of hydrogen-bond donors (Lipinski definition) is 1. The van der Waals surface area contributed by atoms with Crippen molar-refractivity contribution in [2.45, 2.75) is 56.7 Å². The second-order valence-corrected chi connectivity index (χ2v) is 7.00. The Bertz CT molecular complexity index is 268. The molecule has 2 heterocycles. The quantitative estimate of drug-likeness (QED) is 0.792. The fourth-order valence-electron chi connectivity index (χ4n) is 3.86. The van der Waals surface area contributed by atoms with Crippen LogP contribution in [-0.2, 0) is 0 Å². The molecule has 0 aromatic heterocycles. The molecule has 0 radical (unpaired) electrons. The van der Waals surface area contributed by atoms with Crippen LogP contribution in [0.15, 0.2) is 0 Å². The zero-order chi connectivity index (χ0) is 11.9. The Labute approximate surface area is 111 Å². The van der Waals surface area contributed by atoms with E-state index in [0.717, 1.165) is 24.0 Å². The van der Waals surface area contributed by atoms with E-state index in [1.807, 2.05) is 0 Å². The van der Waals surface area contributed by atoms with Crippen molar-refractivity contribution in [1.29, 1.82) is 0 Å². The van der Waals surface area contributed by atoms with E-state index in [4.69, 9.17) is 0 Å². The Kier molecular flexibility index (Phi) is 3.10. The first-order valence-electron chi connectivity index (χ1n) is 8.10. The van der Waals surface area contributed by atoms with Gasteiger partial charge in [-0.05, 0) is 57.5 Å². The van der Waals surface area contributed by atoms with E-state index in [1.165, 1.54) is 71.2 Å². The van der Waals surface area contributed by atoms with Gasteiger partial charge in [0.2, 0.25) is 0 Å². The second kappa shape index (κ2) is 4.77. The molecule has 2 aliphatic carbocycles. The molecule has 2 saturated heterocycles. The highest BCUT2D eigenvalue weighted by Gasteiger charge is 2.36. The maximum atomic E-state index is 3.85. The molecule has 2 unspecified atom stereocenters. The molecule has 3 nitrogen and oxygen atoms in total. The van der Waals surface area contributed by atoms with Crippen molar-refractivity contribution in [3.8, 4) is 0 Å². The van der Waals surface area contributed by atoms with Crippen molar-refractivity contribution in [2.24, 2.45) is 5.92 Å². The molecule has 0 aromatic rings. The van der Waals surface area contributed by atoms with Gasteiger partial charge in [-0.25, -0.2) is 0 Å². The summed E-state index contributed by atoms with van der Waals surface area (Å²) >= 11 is 0. The summed E-state index contributed by atoms with van der Waals surface area (Å²) in [6.07, 6.45) is 8.69. The summed E-state index contributed by atoms with van der Waals surface area (Å²) in [4.78, 5) is 5.44. The first kappa shape index (κ1) is 11.7. The highest BCUT2D eigenvalue weighted by Crippen LogP contribution is 2.32. The van der Waals surface area contributed by atoms with Gasteiger partial charge in [0.15, 0.2) is 0 Å². The molecule has 4 rings (SSSR count). The van der Waals surface area contributed by atoms with Gasteiger partial charge < -0.3 is 10.2 Å². The molecule has 2 aliphatic heterocycles. The minimum atomic E-state index is 0.792. The largest absolute Gasteiger partial charge is 0.312 e. The number of hydrogen-bond acceptors (Lipinski definition) is 3. The summed E-state index contributed by atoms with van der Waals surface area (Å²) in [7, 11) is 0. The molecule has 0 spiro atoms. The predicted octanol–water partition coefficient (Wildman–Crippen LogP) is 1.30. The lowest BCUT2D eigenvalue weighted by Crippen LogP contribution is -2.37. The lowest BCUT2D eigenvalue weighted by Gasteiger charge is -2.19. The summed E-state index contributed by atoms with van der Waals surface area (Å²) in [6, 6.07) is 2.74. The van der Waals surface area contributed by atoms with E-state index < -0.39 is 0 Å². The standard InChI is InChI=1S/C15H27N3/c1-2-14(1)17-7-5-12(10-17)9-16-13-6-8-18(11-13)15-3-4-15/h12-16H,1-11H2. The number of nitrogens with zero attached hydrogens (tertiary/aromatic N) is 2. The Morgan fingerprint density at radius 2 is 1.44 bits per heavy atom. The molecule has 1 N–H and O–H groups in total. The maximum absolute atomic E-state index is 3.85. The number of likely N-dealkylation sites (tertiary alicyclic amines) is 2. The number of nitrogens with one attached hydrogen (secondary N) is 1. The van der Waals surface area contributed by atoms with Crippen molar-refractivity contribution in [1.82, 2.24) is 15.1 Å². The second-order valence-electron chi connectivity index (χ2n) is 7.00. The molecule has 2 saturated carbocycles. The Morgan fingerprint density at radius 3 is 2.17 bits per heavy atom. The number of rotatable bonds is 5. The molecule has 0 bridgehead atoms. The van der Waals surface area contributed by atoms with Crippen LogP contribution in [0.2, 0.25) is 0 Å². The predicted molar refractivity (Wildman–Crippen MR) is 73.7 cm³/mol. The van der Waals surface area contributed by atoms with Gasteiger partial charge in [0.25, 0.3) is 0 Å². The van der Waals surface area contributed by atoms with Crippen molar-refractivity contribution in [2.75, 3.05) is 32.7 Å². The minimum Gasteiger partial charge on any atom is -0.312 e. The fourth-order valence-corrected chi connectivity index (χ4v) is 3.86. The maximum Gasteiger partial charge on any atom is 0.0207 e. The molecule has 0 aromatic carbocycles. The average molecular weight is 249 g/mol. The summed E-state index contributed by atoms with van der Waals surface area (Å²) < 4.78 is 0. The lowest BCUT2D eigenvalue weighted by atomic mass is 10.1. The first-order chi connectivity index (χ1) is 8.88. The summed E-state index contributed by atoms with van der Waals surface area (Å²) in [5.41, 5.74) is 0. The highest BCUT2D eigenvalue weighted by molar-refractivity contribution is 4.93. The Hall–Kier alpha value is -0.120. The molecule has 0 amide bonds. The van der Waals surface area contributed by atoms with Crippen LogP contribution in [0.4, 0.5) is 0 Å². The van der Waals surface area contributed by atoms with Gasteiger partial charge in [0, 0.05) is 37.8 Å². The Morgan fingerprint density at radius 1 is 0.778 bits per heavy atom. The third kappa shape index (κ3) is 2.59. The van der Waals surface area contributed by atoms with E-state index in [2.05, 4.69) is 15.1 Å². The van der Waals surface area contributed by atoms with E-state index in [-0.39, 0.29) is 0 Å². The monoisotopic (exact) mass is 249 g/mol. The van der Waals surface area contributed by atoms with Crippen LogP contribution >= 0.6 is 0 Å². The van der Waals surface area contributed by atoms with Crippen LogP contribution in [0.25, 0.3) is 0 Å². The third-order valence-corrected chi connectivity index (χ3v) is 5.36. The van der Waals surface area contributed by atoms with Gasteiger partial charge >= 0.3 is 0 Å². The third-order valence-electron chi connectivity index (χ3n) is 5.36. The van der Waals surface area contributed by atoms with Crippen molar-refractivity contribution < 1.29 is 0 Å². The molecule has 4 aliphatic rings. The molecule has 102 valence electrons. The molecule has 18 heavy (non-hydrogen) atoms. The molecule has 4 fully saturated rings. The zero-order valence-electron chi connectivity index (χ0n) is 11.5. The van der Waals surface area contributed by atoms with Crippen molar-refractivity contribution >= 4 is 0 Å². The summed E-state index contributed by atoms with van der Waals surface area (Å²) in [5.74, 6) is 0.931. The summed E-state index contributed by atoms with van der Waals surface area (Å²) in [6.45, 7) is 6.68.